The van der Waals surface area contributed by atoms with Crippen molar-refractivity contribution in [3.05, 3.63) is 0 Å². The first-order chi connectivity index (χ1) is 8.78. The molecule has 0 aromatic rings. The van der Waals surface area contributed by atoms with Crippen LogP contribution in [0.1, 0.15) is 44.9 Å². The van der Waals surface area contributed by atoms with Gasteiger partial charge in [-0.25, -0.2) is 0 Å². The van der Waals surface area contributed by atoms with Crippen LogP contribution < -0.4 is 11.1 Å². The van der Waals surface area contributed by atoms with Gasteiger partial charge in [0.05, 0.1) is 0 Å². The van der Waals surface area contributed by atoms with Crippen LogP contribution in [0.15, 0.2) is 0 Å². The summed E-state index contributed by atoms with van der Waals surface area (Å²) in [6, 6.07) is 0. The van der Waals surface area contributed by atoms with Crippen molar-refractivity contribution in [2.24, 2.45) is 35.3 Å². The van der Waals surface area contributed by atoms with Crippen LogP contribution in [0.5, 0.6) is 0 Å². The van der Waals surface area contributed by atoms with Crippen molar-refractivity contribution >= 4 is 5.91 Å². The first-order valence-electron chi connectivity index (χ1n) is 7.75. The predicted molar refractivity (Wildman–Crippen MR) is 71.8 cm³/mol. The van der Waals surface area contributed by atoms with Crippen LogP contribution in [0.2, 0.25) is 0 Å². The second-order valence-corrected chi connectivity index (χ2v) is 6.71. The third-order valence-corrected chi connectivity index (χ3v) is 5.72. The normalized spacial score (nSPS) is 42.4. The van der Waals surface area contributed by atoms with E-state index in [1.54, 1.807) is 0 Å². The van der Waals surface area contributed by atoms with Crippen LogP contribution >= 0.6 is 0 Å². The molecule has 3 heteroatoms. The molecule has 102 valence electrons. The molecule has 0 aromatic carbocycles. The number of rotatable bonds is 4. The van der Waals surface area contributed by atoms with E-state index in [0.29, 0.717) is 12.5 Å². The molecule has 3 saturated carbocycles. The summed E-state index contributed by atoms with van der Waals surface area (Å²) < 4.78 is 0. The molecule has 3 aliphatic carbocycles. The highest BCUT2D eigenvalue weighted by atomic mass is 16.1. The number of hydrogen-bond donors (Lipinski definition) is 2. The van der Waals surface area contributed by atoms with Crippen molar-refractivity contribution in [1.29, 1.82) is 0 Å². The highest BCUT2D eigenvalue weighted by Gasteiger charge is 2.40. The second kappa shape index (κ2) is 5.20. The Labute approximate surface area is 110 Å². The van der Waals surface area contributed by atoms with Crippen LogP contribution in [0.3, 0.4) is 0 Å². The summed E-state index contributed by atoms with van der Waals surface area (Å²) in [5.74, 6) is 3.57. The fraction of sp³-hybridized carbons (Fsp3) is 0.933. The molecule has 3 nitrogen and oxygen atoms in total. The lowest BCUT2D eigenvalue weighted by Gasteiger charge is -2.24. The van der Waals surface area contributed by atoms with Gasteiger partial charge in [-0.2, -0.15) is 0 Å². The zero-order chi connectivity index (χ0) is 12.5. The first-order valence-corrected chi connectivity index (χ1v) is 7.75. The van der Waals surface area contributed by atoms with E-state index >= 15 is 0 Å². The smallest absolute Gasteiger partial charge is 0.223 e. The van der Waals surface area contributed by atoms with Gasteiger partial charge in [-0.05, 0) is 62.3 Å². The van der Waals surface area contributed by atoms with Crippen molar-refractivity contribution in [3.8, 4) is 0 Å². The molecule has 3 rings (SSSR count). The van der Waals surface area contributed by atoms with E-state index in [1.165, 1.54) is 32.1 Å². The van der Waals surface area contributed by atoms with Gasteiger partial charge in [0.15, 0.2) is 0 Å². The topological polar surface area (TPSA) is 55.1 Å². The van der Waals surface area contributed by atoms with Crippen molar-refractivity contribution in [2.75, 3.05) is 13.1 Å². The zero-order valence-corrected chi connectivity index (χ0v) is 11.2. The maximum absolute atomic E-state index is 12.2. The average molecular weight is 250 g/mol. The molecule has 3 N–H and O–H groups in total. The number of fused-ring (bicyclic) bond motifs is 2. The molecule has 3 aliphatic rings. The van der Waals surface area contributed by atoms with Crippen LogP contribution in [-0.2, 0) is 4.79 Å². The minimum Gasteiger partial charge on any atom is -0.356 e. The maximum atomic E-state index is 12.2. The molecule has 0 spiro atoms. The first kappa shape index (κ1) is 12.5. The van der Waals surface area contributed by atoms with Gasteiger partial charge >= 0.3 is 0 Å². The zero-order valence-electron chi connectivity index (χ0n) is 11.2. The molecule has 5 atom stereocenters. The number of carbonyl (C=O) groups is 1. The van der Waals surface area contributed by atoms with Gasteiger partial charge in [0, 0.05) is 12.5 Å². The molecule has 3 fully saturated rings. The summed E-state index contributed by atoms with van der Waals surface area (Å²) in [5, 5.41) is 3.22. The Morgan fingerprint density at radius 3 is 2.67 bits per heavy atom. The number of nitrogens with two attached hydrogens (primary N) is 1. The van der Waals surface area contributed by atoms with Gasteiger partial charge in [0.2, 0.25) is 5.91 Å². The quantitative estimate of drug-likeness (QED) is 0.801. The standard InChI is InChI=1S/C15H26N2O/c16-8-12-2-1-3-14(12)15(18)17-9-13-7-10-4-5-11(13)6-10/h10-14H,1-9,16H2,(H,17,18)/t10?,11?,12-,13?,14-/m1/s1. The molecular weight excluding hydrogens is 224 g/mol. The highest BCUT2D eigenvalue weighted by Crippen LogP contribution is 2.48. The Kier molecular flexibility index (Phi) is 3.60. The largest absolute Gasteiger partial charge is 0.356 e. The van der Waals surface area contributed by atoms with E-state index in [2.05, 4.69) is 5.32 Å². The summed E-state index contributed by atoms with van der Waals surface area (Å²) in [5.41, 5.74) is 5.75. The molecule has 0 aliphatic heterocycles. The van der Waals surface area contributed by atoms with Gasteiger partial charge in [-0.15, -0.1) is 0 Å². The molecule has 0 saturated heterocycles. The van der Waals surface area contributed by atoms with Gasteiger partial charge in [0.1, 0.15) is 0 Å². The number of amides is 1. The third kappa shape index (κ3) is 2.29. The monoisotopic (exact) mass is 250 g/mol. The molecule has 0 heterocycles. The number of hydrogen-bond acceptors (Lipinski definition) is 2. The SMILES string of the molecule is NC[C@H]1CCC[C@H]1C(=O)NCC1CC2CCC1C2. The molecule has 2 bridgehead atoms. The minimum absolute atomic E-state index is 0.202. The van der Waals surface area contributed by atoms with Gasteiger partial charge < -0.3 is 11.1 Å². The molecular formula is C15H26N2O. The van der Waals surface area contributed by atoms with Crippen LogP contribution in [0.25, 0.3) is 0 Å². The highest BCUT2D eigenvalue weighted by molar-refractivity contribution is 5.79. The van der Waals surface area contributed by atoms with Crippen LogP contribution in [0.4, 0.5) is 0 Å². The summed E-state index contributed by atoms with van der Waals surface area (Å²) in [6.07, 6.45) is 8.99. The third-order valence-electron chi connectivity index (χ3n) is 5.72. The summed E-state index contributed by atoms with van der Waals surface area (Å²) in [4.78, 5) is 12.2. The Morgan fingerprint density at radius 2 is 2.00 bits per heavy atom. The predicted octanol–water partition coefficient (Wildman–Crippen LogP) is 1.91. The lowest BCUT2D eigenvalue weighted by molar-refractivity contribution is -0.126. The van der Waals surface area contributed by atoms with E-state index in [-0.39, 0.29) is 11.8 Å². The molecule has 0 radical (unpaired) electrons. The van der Waals surface area contributed by atoms with Crippen molar-refractivity contribution in [2.45, 2.75) is 44.9 Å². The Hall–Kier alpha value is -0.570. The molecule has 0 aromatic heterocycles. The number of nitrogens with one attached hydrogen (secondary N) is 1. The Morgan fingerprint density at radius 1 is 1.11 bits per heavy atom. The van der Waals surface area contributed by atoms with Crippen molar-refractivity contribution < 1.29 is 4.79 Å². The fourth-order valence-corrected chi connectivity index (χ4v) is 4.65. The van der Waals surface area contributed by atoms with Crippen molar-refractivity contribution in [1.82, 2.24) is 5.32 Å². The second-order valence-electron chi connectivity index (χ2n) is 6.71. The maximum Gasteiger partial charge on any atom is 0.223 e. The Balaban J connectivity index is 1.47. The van der Waals surface area contributed by atoms with Crippen LogP contribution in [0, 0.1) is 29.6 Å². The minimum atomic E-state index is 0.202. The van der Waals surface area contributed by atoms with E-state index in [9.17, 15) is 4.79 Å². The molecule has 18 heavy (non-hydrogen) atoms. The fourth-order valence-electron chi connectivity index (χ4n) is 4.65. The summed E-state index contributed by atoms with van der Waals surface area (Å²) in [7, 11) is 0. The van der Waals surface area contributed by atoms with E-state index in [1.807, 2.05) is 0 Å². The van der Waals surface area contributed by atoms with E-state index in [0.717, 1.165) is 37.1 Å². The molecule has 3 unspecified atom stereocenters. The van der Waals surface area contributed by atoms with Gasteiger partial charge in [0.25, 0.3) is 0 Å². The van der Waals surface area contributed by atoms with E-state index in [4.69, 9.17) is 5.73 Å². The van der Waals surface area contributed by atoms with Gasteiger partial charge in [-0.3, -0.25) is 4.79 Å². The lowest BCUT2D eigenvalue weighted by atomic mass is 9.88. The number of carbonyl (C=O) groups excluding carboxylic acids is 1. The summed E-state index contributed by atoms with van der Waals surface area (Å²) in [6.45, 7) is 1.60. The van der Waals surface area contributed by atoms with Crippen LogP contribution in [-0.4, -0.2) is 19.0 Å². The molecule has 1 amide bonds. The summed E-state index contributed by atoms with van der Waals surface area (Å²) >= 11 is 0. The Bertz CT molecular complexity index is 318. The lowest BCUT2D eigenvalue weighted by Crippen LogP contribution is -2.38. The van der Waals surface area contributed by atoms with E-state index < -0.39 is 0 Å². The van der Waals surface area contributed by atoms with Gasteiger partial charge in [-0.1, -0.05) is 12.8 Å². The average Bonchev–Trinajstić information content (AvgIpc) is 3.10. The van der Waals surface area contributed by atoms with Crippen molar-refractivity contribution in [3.63, 3.8) is 0 Å².